The standard InChI is InChI=1S/C33H45NO5/c1-28(2)12-14-33(27(38)39-7)15-13-32(6)26(25(33)20(28)19-34)21(36)18-23-29(3)10-9-24(37)30(4,16-17-35)22(29)8-11-31(23,32)5/h9-10,18,20,22,25-26,35H,8,11-17H2,1-7H3/t20?,22-,25+,26-,29+,30+,31-,32-,33+/m1/s1. The molecule has 9 atom stereocenters. The topological polar surface area (TPSA) is 104 Å². The van der Waals surface area contributed by atoms with E-state index in [0.717, 1.165) is 24.8 Å². The van der Waals surface area contributed by atoms with E-state index in [2.05, 4.69) is 40.7 Å². The maximum atomic E-state index is 14.5. The number of ether oxygens (including phenoxy) is 1. The van der Waals surface area contributed by atoms with E-state index in [0.29, 0.717) is 25.7 Å². The van der Waals surface area contributed by atoms with Crippen molar-refractivity contribution in [3.05, 3.63) is 23.8 Å². The van der Waals surface area contributed by atoms with Gasteiger partial charge >= 0.3 is 5.97 Å². The molecule has 0 radical (unpaired) electrons. The lowest BCUT2D eigenvalue weighted by Crippen LogP contribution is -2.67. The first kappa shape index (κ1) is 28.3. The van der Waals surface area contributed by atoms with Gasteiger partial charge < -0.3 is 9.84 Å². The van der Waals surface area contributed by atoms with E-state index in [-0.39, 0.29) is 40.9 Å². The van der Waals surface area contributed by atoms with E-state index < -0.39 is 39.4 Å². The van der Waals surface area contributed by atoms with Gasteiger partial charge in [0.15, 0.2) is 11.6 Å². The van der Waals surface area contributed by atoms with Crippen molar-refractivity contribution in [2.24, 2.45) is 56.2 Å². The monoisotopic (exact) mass is 535 g/mol. The molecule has 1 unspecified atom stereocenters. The zero-order valence-electron chi connectivity index (χ0n) is 24.7. The lowest BCUT2D eigenvalue weighted by molar-refractivity contribution is -0.198. The Kier molecular flexibility index (Phi) is 6.25. The van der Waals surface area contributed by atoms with E-state index in [1.807, 2.05) is 19.1 Å². The number of ketones is 2. The van der Waals surface area contributed by atoms with Crippen molar-refractivity contribution in [2.75, 3.05) is 13.7 Å². The summed E-state index contributed by atoms with van der Waals surface area (Å²) in [5.74, 6) is -1.53. The lowest BCUT2D eigenvalue weighted by Gasteiger charge is -2.69. The van der Waals surface area contributed by atoms with Crippen LogP contribution in [-0.2, 0) is 19.1 Å². The van der Waals surface area contributed by atoms with Gasteiger partial charge in [0, 0.05) is 29.3 Å². The van der Waals surface area contributed by atoms with Gasteiger partial charge in [0.1, 0.15) is 0 Å². The molecule has 5 aliphatic rings. The highest BCUT2D eigenvalue weighted by molar-refractivity contribution is 5.98. The summed E-state index contributed by atoms with van der Waals surface area (Å²) in [6.07, 6.45) is 10.3. The zero-order chi connectivity index (χ0) is 28.8. The summed E-state index contributed by atoms with van der Waals surface area (Å²) in [6, 6.07) is 2.58. The molecule has 6 nitrogen and oxygen atoms in total. The Bertz CT molecular complexity index is 1220. The predicted molar refractivity (Wildman–Crippen MR) is 147 cm³/mol. The minimum absolute atomic E-state index is 0.0111. The Morgan fingerprint density at radius 2 is 1.74 bits per heavy atom. The van der Waals surface area contributed by atoms with Crippen LogP contribution in [0.3, 0.4) is 0 Å². The largest absolute Gasteiger partial charge is 0.469 e. The third-order valence-corrected chi connectivity index (χ3v) is 13.2. The molecule has 5 rings (SSSR count). The summed E-state index contributed by atoms with van der Waals surface area (Å²) < 4.78 is 5.40. The fourth-order valence-electron chi connectivity index (χ4n) is 10.5. The maximum absolute atomic E-state index is 14.5. The number of allylic oxidation sites excluding steroid dienone is 4. The average Bonchev–Trinajstić information content (AvgIpc) is 2.87. The Balaban J connectivity index is 1.71. The molecule has 0 spiro atoms. The van der Waals surface area contributed by atoms with Crippen LogP contribution in [-0.4, -0.2) is 36.4 Å². The van der Waals surface area contributed by atoms with Crippen molar-refractivity contribution in [1.29, 1.82) is 5.26 Å². The number of nitriles is 1. The van der Waals surface area contributed by atoms with Crippen molar-refractivity contribution >= 4 is 17.5 Å². The number of carbonyl (C=O) groups is 3. The number of hydrogen-bond donors (Lipinski definition) is 1. The Morgan fingerprint density at radius 3 is 2.36 bits per heavy atom. The van der Waals surface area contributed by atoms with E-state index in [1.54, 1.807) is 6.08 Å². The lowest BCUT2D eigenvalue weighted by atomic mass is 9.33. The Morgan fingerprint density at radius 1 is 1.08 bits per heavy atom. The maximum Gasteiger partial charge on any atom is 0.312 e. The highest BCUT2D eigenvalue weighted by Gasteiger charge is 2.72. The van der Waals surface area contributed by atoms with Crippen LogP contribution in [0.1, 0.15) is 86.5 Å². The zero-order valence-corrected chi connectivity index (χ0v) is 24.7. The first-order valence-electron chi connectivity index (χ1n) is 14.7. The minimum Gasteiger partial charge on any atom is -0.469 e. The summed E-state index contributed by atoms with van der Waals surface area (Å²) >= 11 is 0. The van der Waals surface area contributed by atoms with Gasteiger partial charge in [-0.1, -0.05) is 53.2 Å². The predicted octanol–water partition coefficient (Wildman–Crippen LogP) is 5.60. The van der Waals surface area contributed by atoms with Gasteiger partial charge in [-0.15, -0.1) is 0 Å². The van der Waals surface area contributed by atoms with Crippen molar-refractivity contribution in [3.8, 4) is 6.07 Å². The van der Waals surface area contributed by atoms with E-state index in [1.165, 1.54) is 7.11 Å². The highest BCUT2D eigenvalue weighted by atomic mass is 16.5. The molecule has 0 aromatic rings. The molecule has 0 bridgehead atoms. The number of fused-ring (bicyclic) bond motifs is 7. The summed E-state index contributed by atoms with van der Waals surface area (Å²) in [5, 5.41) is 20.4. The molecule has 3 fully saturated rings. The normalized spacial score (nSPS) is 48.0. The second kappa shape index (κ2) is 8.62. The fraction of sp³-hybridized carbons (Fsp3) is 0.758. The molecular weight excluding hydrogens is 490 g/mol. The molecule has 0 aromatic heterocycles. The molecule has 39 heavy (non-hydrogen) atoms. The molecule has 5 aliphatic carbocycles. The number of methoxy groups -OCH3 is 1. The van der Waals surface area contributed by atoms with E-state index in [4.69, 9.17) is 4.74 Å². The third kappa shape index (κ3) is 3.32. The molecule has 0 heterocycles. The third-order valence-electron chi connectivity index (χ3n) is 13.2. The summed E-state index contributed by atoms with van der Waals surface area (Å²) in [4.78, 5) is 41.2. The van der Waals surface area contributed by atoms with Gasteiger partial charge in [-0.3, -0.25) is 14.4 Å². The van der Waals surface area contributed by atoms with E-state index >= 15 is 0 Å². The Labute approximate surface area is 233 Å². The SMILES string of the molecule is COC(=O)[C@]12CCC(C)(C)C(C#N)[C@H]1[C@H]1C(=O)C=C3[C@@]4(C)C=CC(=O)[C@@](C)(CCO)[C@@H]4CC[C@@]3(C)[C@]1(C)CC2. The van der Waals surface area contributed by atoms with Gasteiger partial charge in [0.05, 0.1) is 24.5 Å². The molecular formula is C33H45NO5. The summed E-state index contributed by atoms with van der Waals surface area (Å²) in [5.41, 5.74) is -2.04. The van der Waals surface area contributed by atoms with E-state index in [9.17, 15) is 24.8 Å². The van der Waals surface area contributed by atoms with Crippen LogP contribution >= 0.6 is 0 Å². The number of hydrogen-bond acceptors (Lipinski definition) is 6. The molecule has 3 saturated carbocycles. The first-order chi connectivity index (χ1) is 18.1. The highest BCUT2D eigenvalue weighted by Crippen LogP contribution is 2.75. The molecule has 0 aromatic carbocycles. The number of aliphatic hydroxyl groups excluding tert-OH is 1. The molecule has 0 amide bonds. The van der Waals surface area contributed by atoms with Gasteiger partial charge in [-0.25, -0.2) is 0 Å². The van der Waals surface area contributed by atoms with Crippen molar-refractivity contribution < 1.29 is 24.2 Å². The first-order valence-corrected chi connectivity index (χ1v) is 14.7. The van der Waals surface area contributed by atoms with Crippen molar-refractivity contribution in [3.63, 3.8) is 0 Å². The van der Waals surface area contributed by atoms with Gasteiger partial charge in [0.2, 0.25) is 0 Å². The molecule has 1 N–H and O–H groups in total. The van der Waals surface area contributed by atoms with Crippen LogP contribution < -0.4 is 0 Å². The molecule has 0 saturated heterocycles. The quantitative estimate of drug-likeness (QED) is 0.472. The van der Waals surface area contributed by atoms with Crippen LogP contribution in [0.4, 0.5) is 0 Å². The fourth-order valence-corrected chi connectivity index (χ4v) is 10.5. The minimum atomic E-state index is -0.829. The van der Waals surface area contributed by atoms with Crippen LogP contribution in [0, 0.1) is 67.5 Å². The number of rotatable bonds is 3. The van der Waals surface area contributed by atoms with Crippen LogP contribution in [0.2, 0.25) is 0 Å². The van der Waals surface area contributed by atoms with Crippen LogP contribution in [0.15, 0.2) is 23.8 Å². The van der Waals surface area contributed by atoms with Crippen molar-refractivity contribution in [1.82, 2.24) is 0 Å². The second-order valence-corrected chi connectivity index (χ2v) is 14.9. The summed E-state index contributed by atoms with van der Waals surface area (Å²) in [7, 11) is 1.42. The smallest absolute Gasteiger partial charge is 0.312 e. The Hall–Kier alpha value is -2.26. The van der Waals surface area contributed by atoms with Gasteiger partial charge in [0.25, 0.3) is 0 Å². The molecule has 6 heteroatoms. The number of esters is 1. The van der Waals surface area contributed by atoms with Gasteiger partial charge in [-0.2, -0.15) is 5.26 Å². The second-order valence-electron chi connectivity index (χ2n) is 14.9. The van der Waals surface area contributed by atoms with Crippen LogP contribution in [0.25, 0.3) is 0 Å². The average molecular weight is 536 g/mol. The number of carbonyl (C=O) groups excluding carboxylic acids is 3. The molecule has 0 aliphatic heterocycles. The number of aliphatic hydroxyl groups is 1. The van der Waals surface area contributed by atoms with Crippen molar-refractivity contribution in [2.45, 2.75) is 86.5 Å². The number of nitrogens with zero attached hydrogens (tertiary/aromatic N) is 1. The molecule has 212 valence electrons. The van der Waals surface area contributed by atoms with Gasteiger partial charge in [-0.05, 0) is 79.3 Å². The van der Waals surface area contributed by atoms with Crippen LogP contribution in [0.5, 0.6) is 0 Å². The summed E-state index contributed by atoms with van der Waals surface area (Å²) in [6.45, 7) is 12.8.